The molecule has 0 saturated heterocycles. The van der Waals surface area contributed by atoms with Crippen molar-refractivity contribution in [3.8, 4) is 11.5 Å². The second kappa shape index (κ2) is 10.8. The summed E-state index contributed by atoms with van der Waals surface area (Å²) in [5, 5.41) is 6.51. The van der Waals surface area contributed by atoms with Crippen LogP contribution in [0.3, 0.4) is 0 Å². The van der Waals surface area contributed by atoms with Gasteiger partial charge in [0.2, 0.25) is 0 Å². The van der Waals surface area contributed by atoms with Gasteiger partial charge in [-0.25, -0.2) is 0 Å². The molecule has 1 aliphatic carbocycles. The molecule has 5 rings (SSSR count). The summed E-state index contributed by atoms with van der Waals surface area (Å²) in [5.74, 6) is 0.658. The number of carbonyl (C=O) groups excluding carboxylic acids is 2. The first kappa shape index (κ1) is 26.3. The molecule has 39 heavy (non-hydrogen) atoms. The number of anilines is 1. The van der Waals surface area contributed by atoms with Crippen molar-refractivity contribution in [3.05, 3.63) is 112 Å². The maximum atomic E-state index is 13.9. The van der Waals surface area contributed by atoms with Gasteiger partial charge in [-0.15, -0.1) is 0 Å². The van der Waals surface area contributed by atoms with Gasteiger partial charge in [-0.3, -0.25) is 9.59 Å². The lowest BCUT2D eigenvalue weighted by Gasteiger charge is -2.37. The number of ketones is 1. The minimum Gasteiger partial charge on any atom is -0.493 e. The number of hydrogen-bond acceptors (Lipinski definition) is 5. The van der Waals surface area contributed by atoms with Crippen LogP contribution in [0.25, 0.3) is 0 Å². The summed E-state index contributed by atoms with van der Waals surface area (Å²) in [6.07, 6.45) is 1.01. The van der Waals surface area contributed by atoms with E-state index in [9.17, 15) is 9.59 Å². The van der Waals surface area contributed by atoms with Crippen molar-refractivity contribution in [2.75, 3.05) is 19.5 Å². The summed E-state index contributed by atoms with van der Waals surface area (Å²) in [4.78, 5) is 27.6. The summed E-state index contributed by atoms with van der Waals surface area (Å²) in [6.45, 7) is 5.96. The molecule has 0 saturated carbocycles. The molecule has 0 bridgehead atoms. The van der Waals surface area contributed by atoms with E-state index in [0.29, 0.717) is 35.5 Å². The van der Waals surface area contributed by atoms with Crippen LogP contribution in [0.1, 0.15) is 53.9 Å². The van der Waals surface area contributed by atoms with E-state index in [1.807, 2.05) is 87.5 Å². The third-order valence-electron chi connectivity index (χ3n) is 7.67. The number of Topliss-reactive ketones (excluding diaryl/α,β-unsaturated/α-hetero) is 1. The molecule has 2 N–H and O–H groups in total. The Balaban J connectivity index is 1.53. The number of carbonyl (C=O) groups is 2. The van der Waals surface area contributed by atoms with Gasteiger partial charge in [0.15, 0.2) is 17.3 Å². The largest absolute Gasteiger partial charge is 0.493 e. The minimum atomic E-state index is -0.453. The van der Waals surface area contributed by atoms with Crippen LogP contribution in [0.5, 0.6) is 11.5 Å². The third-order valence-corrected chi connectivity index (χ3v) is 7.67. The van der Waals surface area contributed by atoms with Gasteiger partial charge in [0.05, 0.1) is 14.2 Å². The first-order valence-electron chi connectivity index (χ1n) is 13.2. The van der Waals surface area contributed by atoms with Gasteiger partial charge in [0.25, 0.3) is 5.91 Å². The number of rotatable bonds is 6. The number of amides is 1. The Morgan fingerprint density at radius 3 is 2.08 bits per heavy atom. The Kier molecular flexibility index (Phi) is 7.29. The molecule has 6 heteroatoms. The van der Waals surface area contributed by atoms with Crippen molar-refractivity contribution in [2.45, 2.75) is 45.4 Å². The molecule has 3 aromatic carbocycles. The molecule has 0 fully saturated rings. The highest BCUT2D eigenvalue weighted by Crippen LogP contribution is 2.46. The van der Waals surface area contributed by atoms with E-state index in [0.717, 1.165) is 39.3 Å². The standard InChI is InChI=1S/C33H34N2O4/c1-19-6-10-22(11-7-19)31-30(33(37)35-25-13-8-20(2)9-14-25)21(3)34-26-16-24(17-27(36)32(26)31)23-12-15-28(38-4)29(18-23)39-5/h6-15,18,24,31,34H,16-17H2,1-5H3,(H,35,37). The second-order valence-corrected chi connectivity index (χ2v) is 10.4. The van der Waals surface area contributed by atoms with Gasteiger partial charge >= 0.3 is 0 Å². The van der Waals surface area contributed by atoms with Crippen molar-refractivity contribution in [3.63, 3.8) is 0 Å². The minimum absolute atomic E-state index is 0.0158. The van der Waals surface area contributed by atoms with Crippen LogP contribution in [-0.4, -0.2) is 25.9 Å². The Morgan fingerprint density at radius 2 is 1.44 bits per heavy atom. The van der Waals surface area contributed by atoms with Gasteiger partial charge in [-0.05, 0) is 68.5 Å². The zero-order valence-corrected chi connectivity index (χ0v) is 23.1. The molecule has 2 atom stereocenters. The van der Waals surface area contributed by atoms with Crippen LogP contribution >= 0.6 is 0 Å². The monoisotopic (exact) mass is 522 g/mol. The molecule has 0 spiro atoms. The number of hydrogen-bond donors (Lipinski definition) is 2. The highest BCUT2D eigenvalue weighted by molar-refractivity contribution is 6.10. The molecule has 1 aliphatic heterocycles. The normalized spacial score (nSPS) is 18.8. The fraction of sp³-hybridized carbons (Fsp3) is 0.273. The van der Waals surface area contributed by atoms with E-state index in [2.05, 4.69) is 10.6 Å². The van der Waals surface area contributed by atoms with Crippen LogP contribution in [0, 0.1) is 13.8 Å². The van der Waals surface area contributed by atoms with Crippen molar-refractivity contribution in [1.82, 2.24) is 5.32 Å². The maximum Gasteiger partial charge on any atom is 0.254 e. The molecule has 0 radical (unpaired) electrons. The van der Waals surface area contributed by atoms with Crippen molar-refractivity contribution in [2.24, 2.45) is 0 Å². The Bertz CT molecular complexity index is 1480. The van der Waals surface area contributed by atoms with Crippen LogP contribution in [-0.2, 0) is 9.59 Å². The van der Waals surface area contributed by atoms with Crippen molar-refractivity contribution < 1.29 is 19.1 Å². The number of benzene rings is 3. The summed E-state index contributed by atoms with van der Waals surface area (Å²) in [5.41, 5.74) is 7.78. The average Bonchev–Trinajstić information content (AvgIpc) is 2.93. The second-order valence-electron chi connectivity index (χ2n) is 10.4. The lowest BCUT2D eigenvalue weighted by Crippen LogP contribution is -2.37. The van der Waals surface area contributed by atoms with Crippen molar-refractivity contribution in [1.29, 1.82) is 0 Å². The predicted molar refractivity (Wildman–Crippen MR) is 153 cm³/mol. The summed E-state index contributed by atoms with van der Waals surface area (Å²) < 4.78 is 10.9. The smallest absolute Gasteiger partial charge is 0.254 e. The molecule has 1 amide bonds. The predicted octanol–water partition coefficient (Wildman–Crippen LogP) is 6.32. The van der Waals surface area contributed by atoms with Crippen LogP contribution < -0.4 is 20.1 Å². The zero-order valence-electron chi connectivity index (χ0n) is 23.1. The van der Waals surface area contributed by atoms with E-state index in [1.165, 1.54) is 0 Å². The lowest BCUT2D eigenvalue weighted by atomic mass is 9.71. The quantitative estimate of drug-likeness (QED) is 0.396. The third kappa shape index (κ3) is 5.19. The van der Waals surface area contributed by atoms with E-state index < -0.39 is 5.92 Å². The number of allylic oxidation sites excluding steroid dienone is 3. The number of methoxy groups -OCH3 is 2. The van der Waals surface area contributed by atoms with Gasteiger partial charge in [-0.1, -0.05) is 53.6 Å². The molecule has 6 nitrogen and oxygen atoms in total. The molecule has 2 aliphatic rings. The molecule has 1 heterocycles. The molecule has 200 valence electrons. The Morgan fingerprint density at radius 1 is 0.821 bits per heavy atom. The Labute approximate surface area is 229 Å². The van der Waals surface area contributed by atoms with E-state index in [4.69, 9.17) is 9.47 Å². The lowest BCUT2D eigenvalue weighted by molar-refractivity contribution is -0.116. The maximum absolute atomic E-state index is 13.9. The molecule has 2 unspecified atom stereocenters. The van der Waals surface area contributed by atoms with E-state index in [-0.39, 0.29) is 17.6 Å². The Hall–Kier alpha value is -4.32. The average molecular weight is 523 g/mol. The molecular formula is C33H34N2O4. The zero-order chi connectivity index (χ0) is 27.7. The molecular weight excluding hydrogens is 488 g/mol. The first-order chi connectivity index (χ1) is 18.8. The highest BCUT2D eigenvalue weighted by Gasteiger charge is 2.41. The van der Waals surface area contributed by atoms with Crippen molar-refractivity contribution >= 4 is 17.4 Å². The summed E-state index contributed by atoms with van der Waals surface area (Å²) in [7, 11) is 3.22. The highest BCUT2D eigenvalue weighted by atomic mass is 16.5. The molecule has 0 aromatic heterocycles. The fourth-order valence-electron chi connectivity index (χ4n) is 5.61. The van der Waals surface area contributed by atoms with Gasteiger partial charge in [0.1, 0.15) is 0 Å². The van der Waals surface area contributed by atoms with Crippen LogP contribution in [0.15, 0.2) is 89.3 Å². The summed E-state index contributed by atoms with van der Waals surface area (Å²) >= 11 is 0. The van der Waals surface area contributed by atoms with E-state index >= 15 is 0 Å². The number of aryl methyl sites for hydroxylation is 2. The van der Waals surface area contributed by atoms with Gasteiger partial charge in [-0.2, -0.15) is 0 Å². The SMILES string of the molecule is COc1ccc(C2CC(=O)C3=C(C2)NC(C)=C(C(=O)Nc2ccc(C)cc2)C3c2ccc(C)cc2)cc1OC. The number of ether oxygens (including phenoxy) is 2. The van der Waals surface area contributed by atoms with Gasteiger partial charge < -0.3 is 20.1 Å². The molecule has 3 aromatic rings. The summed E-state index contributed by atoms with van der Waals surface area (Å²) in [6, 6.07) is 21.6. The number of nitrogens with one attached hydrogen (secondary N) is 2. The first-order valence-corrected chi connectivity index (χ1v) is 13.2. The fourth-order valence-corrected chi connectivity index (χ4v) is 5.61. The van der Waals surface area contributed by atoms with Crippen LogP contribution in [0.4, 0.5) is 5.69 Å². The topological polar surface area (TPSA) is 76.7 Å². The number of dihydropyridines is 1. The van der Waals surface area contributed by atoms with Gasteiger partial charge in [0, 0.05) is 40.6 Å². The van der Waals surface area contributed by atoms with E-state index in [1.54, 1.807) is 14.2 Å². The van der Waals surface area contributed by atoms with Crippen LogP contribution in [0.2, 0.25) is 0 Å².